The summed E-state index contributed by atoms with van der Waals surface area (Å²) in [5.41, 5.74) is 0. The highest BCUT2D eigenvalue weighted by Gasteiger charge is 2.51. The lowest BCUT2D eigenvalue weighted by Crippen LogP contribution is -2.34. The molecule has 3 aliphatic carbocycles. The molecule has 0 N–H and O–H groups in total. The Morgan fingerprint density at radius 1 is 0.643 bits per heavy atom. The lowest BCUT2D eigenvalue weighted by molar-refractivity contribution is -0.141. The van der Waals surface area contributed by atoms with Gasteiger partial charge in [0.05, 0.1) is 17.8 Å². The molecule has 3 saturated carbocycles. The number of amides is 2. The summed E-state index contributed by atoms with van der Waals surface area (Å²) >= 11 is 0. The topological polar surface area (TPSA) is 71.5 Å². The molecule has 0 aromatic heterocycles. The van der Waals surface area contributed by atoms with Gasteiger partial charge < -0.3 is 0 Å². The molecule has 158 valence electrons. The third kappa shape index (κ3) is 4.08. The molecule has 1 saturated heterocycles. The van der Waals surface area contributed by atoms with Crippen LogP contribution in [0.25, 0.3) is 0 Å². The minimum absolute atomic E-state index is 0.0694. The first-order chi connectivity index (χ1) is 13.6. The monoisotopic (exact) mass is 391 g/mol. The number of nitrogens with zero attached hydrogens (tertiary/aromatic N) is 1. The molecule has 4 unspecified atom stereocenters. The molecule has 0 spiro atoms. The normalized spacial score (nSPS) is 34.1. The largest absolute Gasteiger partial charge is 0.299 e. The third-order valence-corrected chi connectivity index (χ3v) is 6.76. The molecular weight excluding hydrogens is 354 g/mol. The lowest BCUT2D eigenvalue weighted by atomic mass is 9.81. The minimum Gasteiger partial charge on any atom is -0.299 e. The van der Waals surface area contributed by atoms with Gasteiger partial charge in [0, 0.05) is 18.4 Å². The average molecular weight is 392 g/mol. The summed E-state index contributed by atoms with van der Waals surface area (Å²) in [7, 11) is 0. The fourth-order valence-corrected chi connectivity index (χ4v) is 5.46. The zero-order valence-electron chi connectivity index (χ0n) is 18.0. The van der Waals surface area contributed by atoms with Crippen molar-refractivity contribution >= 4 is 23.4 Å². The van der Waals surface area contributed by atoms with Crippen LogP contribution < -0.4 is 0 Å². The summed E-state index contributed by atoms with van der Waals surface area (Å²) in [6.07, 6.45) is 7.68. The first-order valence-corrected chi connectivity index (χ1v) is 11.5. The molecule has 0 aromatic carbocycles. The van der Waals surface area contributed by atoms with Gasteiger partial charge in [-0.3, -0.25) is 24.1 Å². The highest BCUT2D eigenvalue weighted by Crippen LogP contribution is 2.42. The number of carbonyl (C=O) groups excluding carboxylic acids is 4. The van der Waals surface area contributed by atoms with Gasteiger partial charge in [-0.25, -0.2) is 0 Å². The average Bonchev–Trinajstić information content (AvgIpc) is 3.15. The maximum Gasteiger partial charge on any atom is 0.233 e. The SMILES string of the molecule is CC.CC.O=C1C(CCN2C(=O)C3CCCCC3C2=O)C(=O)C2CCCCC12. The molecule has 4 fully saturated rings. The van der Waals surface area contributed by atoms with E-state index in [-0.39, 0.29) is 53.6 Å². The second kappa shape index (κ2) is 10.3. The van der Waals surface area contributed by atoms with Crippen LogP contribution in [0.3, 0.4) is 0 Å². The van der Waals surface area contributed by atoms with Crippen LogP contribution in [-0.4, -0.2) is 34.8 Å². The molecule has 5 nitrogen and oxygen atoms in total. The maximum absolute atomic E-state index is 12.6. The molecule has 1 aliphatic heterocycles. The number of imide groups is 1. The van der Waals surface area contributed by atoms with Gasteiger partial charge in [0.2, 0.25) is 11.8 Å². The van der Waals surface area contributed by atoms with Gasteiger partial charge in [0.1, 0.15) is 11.6 Å². The Hall–Kier alpha value is -1.52. The summed E-state index contributed by atoms with van der Waals surface area (Å²) in [5.74, 6) is -1.07. The van der Waals surface area contributed by atoms with Gasteiger partial charge in [0.15, 0.2) is 0 Å². The Balaban J connectivity index is 0.000000660. The zero-order valence-corrected chi connectivity index (χ0v) is 18.0. The van der Waals surface area contributed by atoms with E-state index in [1.54, 1.807) is 0 Å². The summed E-state index contributed by atoms with van der Waals surface area (Å²) in [5, 5.41) is 0. The lowest BCUT2D eigenvalue weighted by Gasteiger charge is -2.21. The number of fused-ring (bicyclic) bond motifs is 2. The highest BCUT2D eigenvalue weighted by molar-refractivity contribution is 6.11. The van der Waals surface area contributed by atoms with Gasteiger partial charge in [-0.2, -0.15) is 0 Å². The standard InChI is InChI=1S/C19H25NO4.2C2H6/c21-16-11-5-1-2-6-12(11)17(22)15(16)9-10-20-18(23)13-7-3-4-8-14(13)19(20)24;2*1-2/h11-15H,1-10H2;2*1-2H3. The molecule has 0 radical (unpaired) electrons. The molecule has 4 atom stereocenters. The van der Waals surface area contributed by atoms with Crippen LogP contribution in [0.5, 0.6) is 0 Å². The quantitative estimate of drug-likeness (QED) is 0.534. The smallest absolute Gasteiger partial charge is 0.233 e. The fourth-order valence-electron chi connectivity index (χ4n) is 5.46. The molecule has 4 aliphatic rings. The van der Waals surface area contributed by atoms with Crippen molar-refractivity contribution in [1.82, 2.24) is 4.90 Å². The minimum atomic E-state index is -0.582. The van der Waals surface area contributed by atoms with Crippen molar-refractivity contribution in [3.8, 4) is 0 Å². The van der Waals surface area contributed by atoms with E-state index in [9.17, 15) is 19.2 Å². The number of carbonyl (C=O) groups is 4. The Morgan fingerprint density at radius 2 is 1.00 bits per heavy atom. The molecule has 1 heterocycles. The summed E-state index contributed by atoms with van der Waals surface area (Å²) in [6.45, 7) is 8.24. The number of rotatable bonds is 3. The van der Waals surface area contributed by atoms with E-state index in [4.69, 9.17) is 0 Å². The molecule has 2 amide bonds. The van der Waals surface area contributed by atoms with E-state index in [2.05, 4.69) is 0 Å². The Labute approximate surface area is 169 Å². The van der Waals surface area contributed by atoms with Crippen molar-refractivity contribution in [3.05, 3.63) is 0 Å². The van der Waals surface area contributed by atoms with Crippen molar-refractivity contribution < 1.29 is 19.2 Å². The zero-order chi connectivity index (χ0) is 20.8. The molecule has 0 aromatic rings. The van der Waals surface area contributed by atoms with Crippen LogP contribution in [0.4, 0.5) is 0 Å². The molecular formula is C23H37NO4. The number of Topliss-reactive ketones (excluding diaryl/α,β-unsaturated/α-hetero) is 2. The molecule has 4 rings (SSSR count). The van der Waals surface area contributed by atoms with Gasteiger partial charge in [-0.15, -0.1) is 0 Å². The first kappa shape index (κ1) is 22.8. The highest BCUT2D eigenvalue weighted by atomic mass is 16.2. The summed E-state index contributed by atoms with van der Waals surface area (Å²) in [6, 6.07) is 0. The molecule has 0 bridgehead atoms. The number of likely N-dealkylation sites (tertiary alicyclic amines) is 1. The first-order valence-electron chi connectivity index (χ1n) is 11.5. The van der Waals surface area contributed by atoms with Crippen LogP contribution in [0.15, 0.2) is 0 Å². The number of ketones is 2. The van der Waals surface area contributed by atoms with E-state index in [1.807, 2.05) is 27.7 Å². The second-order valence-corrected chi connectivity index (χ2v) is 7.97. The van der Waals surface area contributed by atoms with Gasteiger partial charge in [0.25, 0.3) is 0 Å². The second-order valence-electron chi connectivity index (χ2n) is 7.97. The molecule has 28 heavy (non-hydrogen) atoms. The molecule has 5 heteroatoms. The van der Waals surface area contributed by atoms with Crippen LogP contribution >= 0.6 is 0 Å². The summed E-state index contributed by atoms with van der Waals surface area (Å²) in [4.78, 5) is 51.5. The van der Waals surface area contributed by atoms with Crippen molar-refractivity contribution in [2.75, 3.05) is 6.54 Å². The van der Waals surface area contributed by atoms with Crippen molar-refractivity contribution in [2.24, 2.45) is 29.6 Å². The van der Waals surface area contributed by atoms with Gasteiger partial charge in [-0.05, 0) is 32.1 Å². The predicted molar refractivity (Wildman–Crippen MR) is 108 cm³/mol. The predicted octanol–water partition coefficient (Wildman–Crippen LogP) is 4.18. The van der Waals surface area contributed by atoms with Crippen LogP contribution in [0.1, 0.15) is 85.5 Å². The van der Waals surface area contributed by atoms with Crippen LogP contribution in [-0.2, 0) is 19.2 Å². The van der Waals surface area contributed by atoms with E-state index in [1.165, 1.54) is 4.90 Å². The van der Waals surface area contributed by atoms with E-state index >= 15 is 0 Å². The Kier molecular flexibility index (Phi) is 8.38. The van der Waals surface area contributed by atoms with E-state index in [0.717, 1.165) is 51.4 Å². The van der Waals surface area contributed by atoms with Crippen molar-refractivity contribution in [3.63, 3.8) is 0 Å². The maximum atomic E-state index is 12.6. The van der Waals surface area contributed by atoms with Crippen molar-refractivity contribution in [2.45, 2.75) is 85.5 Å². The Bertz CT molecular complexity index is 499. The van der Waals surface area contributed by atoms with Crippen LogP contribution in [0, 0.1) is 29.6 Å². The Morgan fingerprint density at radius 3 is 1.39 bits per heavy atom. The fraction of sp³-hybridized carbons (Fsp3) is 0.826. The number of hydrogen-bond acceptors (Lipinski definition) is 4. The van der Waals surface area contributed by atoms with Gasteiger partial charge >= 0.3 is 0 Å². The number of hydrogen-bond donors (Lipinski definition) is 0. The van der Waals surface area contributed by atoms with Crippen molar-refractivity contribution in [1.29, 1.82) is 0 Å². The van der Waals surface area contributed by atoms with E-state index in [0.29, 0.717) is 6.42 Å². The summed E-state index contributed by atoms with van der Waals surface area (Å²) < 4.78 is 0. The van der Waals surface area contributed by atoms with Gasteiger partial charge in [-0.1, -0.05) is 53.4 Å². The van der Waals surface area contributed by atoms with E-state index < -0.39 is 5.92 Å². The van der Waals surface area contributed by atoms with Crippen LogP contribution in [0.2, 0.25) is 0 Å². The third-order valence-electron chi connectivity index (χ3n) is 6.76.